The molecule has 3 fully saturated rings. The molecular formula is C15H26N2O. The van der Waals surface area contributed by atoms with Crippen molar-refractivity contribution in [2.24, 2.45) is 5.92 Å². The molecule has 102 valence electrons. The Morgan fingerprint density at radius 2 is 1.61 bits per heavy atom. The molecule has 3 nitrogen and oxygen atoms in total. The van der Waals surface area contributed by atoms with Crippen molar-refractivity contribution in [2.45, 2.75) is 69.9 Å². The van der Waals surface area contributed by atoms with Gasteiger partial charge in [0.15, 0.2) is 0 Å². The molecule has 0 aromatic rings. The summed E-state index contributed by atoms with van der Waals surface area (Å²) in [6, 6.07) is 1.43. The molecule has 0 radical (unpaired) electrons. The summed E-state index contributed by atoms with van der Waals surface area (Å²) in [6.45, 7) is 2.02. The molecule has 0 spiro atoms. The standard InChI is InChI=1S/C15H26N2O/c18-15(17-7-3-1-2-4-8-17)11-12-9-13-5-6-14(10-12)16-13/h12-14,16H,1-11H2. The fraction of sp³-hybridized carbons (Fsp3) is 0.933. The van der Waals surface area contributed by atoms with E-state index in [0.29, 0.717) is 23.9 Å². The van der Waals surface area contributed by atoms with Gasteiger partial charge in [-0.25, -0.2) is 0 Å². The van der Waals surface area contributed by atoms with E-state index in [9.17, 15) is 4.79 Å². The highest BCUT2D eigenvalue weighted by molar-refractivity contribution is 5.76. The lowest BCUT2D eigenvalue weighted by atomic mass is 9.89. The topological polar surface area (TPSA) is 32.3 Å². The minimum Gasteiger partial charge on any atom is -0.343 e. The van der Waals surface area contributed by atoms with E-state index in [-0.39, 0.29) is 0 Å². The SMILES string of the molecule is O=C(CC1CC2CCC(C1)N2)N1CCCCCC1. The van der Waals surface area contributed by atoms with Crippen molar-refractivity contribution in [3.63, 3.8) is 0 Å². The molecule has 3 aliphatic heterocycles. The number of fused-ring (bicyclic) bond motifs is 2. The Kier molecular flexibility index (Phi) is 3.88. The molecule has 0 aromatic heterocycles. The molecule has 0 aliphatic carbocycles. The number of likely N-dealkylation sites (tertiary alicyclic amines) is 1. The molecular weight excluding hydrogens is 224 g/mol. The quantitative estimate of drug-likeness (QED) is 0.815. The lowest BCUT2D eigenvalue weighted by Gasteiger charge is -2.30. The molecule has 3 rings (SSSR count). The average molecular weight is 250 g/mol. The number of hydrogen-bond donors (Lipinski definition) is 1. The molecule has 2 bridgehead atoms. The van der Waals surface area contributed by atoms with Gasteiger partial charge in [0.05, 0.1) is 0 Å². The number of rotatable bonds is 2. The molecule has 1 amide bonds. The zero-order valence-corrected chi connectivity index (χ0v) is 11.4. The number of piperidine rings is 1. The summed E-state index contributed by atoms with van der Waals surface area (Å²) in [6.07, 6.45) is 11.0. The largest absolute Gasteiger partial charge is 0.343 e. The van der Waals surface area contributed by atoms with Gasteiger partial charge in [0.25, 0.3) is 0 Å². The molecule has 0 saturated carbocycles. The molecule has 0 aromatic carbocycles. The van der Waals surface area contributed by atoms with Crippen LogP contribution in [0.25, 0.3) is 0 Å². The van der Waals surface area contributed by atoms with Crippen LogP contribution >= 0.6 is 0 Å². The third kappa shape index (κ3) is 2.87. The summed E-state index contributed by atoms with van der Waals surface area (Å²) in [5.74, 6) is 1.09. The fourth-order valence-corrected chi connectivity index (χ4v) is 4.04. The predicted octanol–water partition coefficient (Wildman–Crippen LogP) is 2.31. The minimum atomic E-state index is 0.434. The van der Waals surface area contributed by atoms with Gasteiger partial charge in [0.1, 0.15) is 0 Å². The van der Waals surface area contributed by atoms with Gasteiger partial charge in [-0.15, -0.1) is 0 Å². The van der Waals surface area contributed by atoms with Gasteiger partial charge in [-0.1, -0.05) is 12.8 Å². The number of carbonyl (C=O) groups excluding carboxylic acids is 1. The maximum absolute atomic E-state index is 12.4. The van der Waals surface area contributed by atoms with Gasteiger partial charge in [0, 0.05) is 31.6 Å². The van der Waals surface area contributed by atoms with Crippen LogP contribution in [0.2, 0.25) is 0 Å². The monoisotopic (exact) mass is 250 g/mol. The summed E-state index contributed by atoms with van der Waals surface area (Å²) >= 11 is 0. The van der Waals surface area contributed by atoms with Crippen LogP contribution in [0.3, 0.4) is 0 Å². The van der Waals surface area contributed by atoms with Gasteiger partial charge in [0.2, 0.25) is 5.91 Å². The average Bonchev–Trinajstić information content (AvgIpc) is 2.59. The highest BCUT2D eigenvalue weighted by Crippen LogP contribution is 2.33. The van der Waals surface area contributed by atoms with Crippen LogP contribution in [-0.2, 0) is 4.79 Å². The zero-order valence-electron chi connectivity index (χ0n) is 11.4. The van der Waals surface area contributed by atoms with Crippen molar-refractivity contribution in [3.05, 3.63) is 0 Å². The highest BCUT2D eigenvalue weighted by Gasteiger charge is 2.34. The molecule has 1 N–H and O–H groups in total. The first-order chi connectivity index (χ1) is 8.81. The van der Waals surface area contributed by atoms with E-state index in [2.05, 4.69) is 10.2 Å². The van der Waals surface area contributed by atoms with Crippen LogP contribution in [0.1, 0.15) is 57.8 Å². The summed E-state index contributed by atoms with van der Waals surface area (Å²) in [4.78, 5) is 14.5. The van der Waals surface area contributed by atoms with Crippen LogP contribution in [-0.4, -0.2) is 36.0 Å². The summed E-state index contributed by atoms with van der Waals surface area (Å²) in [5.41, 5.74) is 0. The van der Waals surface area contributed by atoms with Crippen LogP contribution < -0.4 is 5.32 Å². The minimum absolute atomic E-state index is 0.434. The van der Waals surface area contributed by atoms with Gasteiger partial charge in [-0.2, -0.15) is 0 Å². The summed E-state index contributed by atoms with van der Waals surface area (Å²) in [5, 5.41) is 3.66. The number of hydrogen-bond acceptors (Lipinski definition) is 2. The number of nitrogens with zero attached hydrogens (tertiary/aromatic N) is 1. The highest BCUT2D eigenvalue weighted by atomic mass is 16.2. The fourth-order valence-electron chi connectivity index (χ4n) is 4.04. The van der Waals surface area contributed by atoms with Crippen LogP contribution in [0.4, 0.5) is 0 Å². The maximum Gasteiger partial charge on any atom is 0.222 e. The summed E-state index contributed by atoms with van der Waals surface area (Å²) < 4.78 is 0. The smallest absolute Gasteiger partial charge is 0.222 e. The van der Waals surface area contributed by atoms with Gasteiger partial charge in [-0.3, -0.25) is 4.79 Å². The molecule has 3 aliphatic rings. The number of nitrogens with one attached hydrogen (secondary N) is 1. The Morgan fingerprint density at radius 3 is 2.22 bits per heavy atom. The van der Waals surface area contributed by atoms with E-state index in [1.165, 1.54) is 51.4 Å². The lowest BCUT2D eigenvalue weighted by molar-refractivity contribution is -0.132. The number of amides is 1. The summed E-state index contributed by atoms with van der Waals surface area (Å²) in [7, 11) is 0. The Balaban J connectivity index is 1.50. The third-order valence-corrected chi connectivity index (χ3v) is 4.99. The Morgan fingerprint density at radius 1 is 1.00 bits per heavy atom. The van der Waals surface area contributed by atoms with Gasteiger partial charge >= 0.3 is 0 Å². The first-order valence-electron chi connectivity index (χ1n) is 7.85. The Labute approximate surface area is 110 Å². The van der Waals surface area contributed by atoms with Gasteiger partial charge < -0.3 is 10.2 Å². The van der Waals surface area contributed by atoms with Crippen molar-refractivity contribution in [3.8, 4) is 0 Å². The van der Waals surface area contributed by atoms with E-state index in [4.69, 9.17) is 0 Å². The molecule has 3 saturated heterocycles. The van der Waals surface area contributed by atoms with Crippen LogP contribution in [0.5, 0.6) is 0 Å². The second-order valence-electron chi connectivity index (χ2n) is 6.47. The second kappa shape index (κ2) is 5.60. The molecule has 18 heavy (non-hydrogen) atoms. The Hall–Kier alpha value is -0.570. The van der Waals surface area contributed by atoms with Crippen LogP contribution in [0.15, 0.2) is 0 Å². The normalized spacial score (nSPS) is 36.4. The third-order valence-electron chi connectivity index (χ3n) is 4.99. The molecule has 3 heteroatoms. The first kappa shape index (κ1) is 12.5. The van der Waals surface area contributed by atoms with Gasteiger partial charge in [-0.05, 0) is 44.4 Å². The van der Waals surface area contributed by atoms with E-state index in [0.717, 1.165) is 19.5 Å². The van der Waals surface area contributed by atoms with E-state index in [1.807, 2.05) is 0 Å². The lowest BCUT2D eigenvalue weighted by Crippen LogP contribution is -2.40. The second-order valence-corrected chi connectivity index (χ2v) is 6.47. The number of carbonyl (C=O) groups is 1. The van der Waals surface area contributed by atoms with Crippen molar-refractivity contribution >= 4 is 5.91 Å². The molecule has 2 unspecified atom stereocenters. The first-order valence-corrected chi connectivity index (χ1v) is 7.85. The predicted molar refractivity (Wildman–Crippen MR) is 72.3 cm³/mol. The van der Waals surface area contributed by atoms with Crippen LogP contribution in [0, 0.1) is 5.92 Å². The van der Waals surface area contributed by atoms with E-state index >= 15 is 0 Å². The van der Waals surface area contributed by atoms with Crippen molar-refractivity contribution in [1.82, 2.24) is 10.2 Å². The van der Waals surface area contributed by atoms with Crippen molar-refractivity contribution in [1.29, 1.82) is 0 Å². The maximum atomic E-state index is 12.4. The zero-order chi connectivity index (χ0) is 12.4. The van der Waals surface area contributed by atoms with E-state index in [1.54, 1.807) is 0 Å². The molecule has 3 heterocycles. The van der Waals surface area contributed by atoms with Crippen molar-refractivity contribution < 1.29 is 4.79 Å². The van der Waals surface area contributed by atoms with Crippen molar-refractivity contribution in [2.75, 3.05) is 13.1 Å². The molecule has 2 atom stereocenters. The van der Waals surface area contributed by atoms with E-state index < -0.39 is 0 Å². The Bertz CT molecular complexity index is 285.